The van der Waals surface area contributed by atoms with E-state index in [4.69, 9.17) is 4.74 Å². The number of amides is 2. The Kier molecular flexibility index (Phi) is 5.53. The molecule has 2 heterocycles. The average Bonchev–Trinajstić information content (AvgIpc) is 3.35. The van der Waals surface area contributed by atoms with E-state index in [9.17, 15) is 9.59 Å². The number of nitrogens with one attached hydrogen (secondary N) is 1. The lowest BCUT2D eigenvalue weighted by Gasteiger charge is -2.19. The van der Waals surface area contributed by atoms with Gasteiger partial charge < -0.3 is 15.0 Å². The average molecular weight is 408 g/mol. The molecule has 1 N–H and O–H groups in total. The molecular weight excluding hydrogens is 388 g/mol. The lowest BCUT2D eigenvalue weighted by Crippen LogP contribution is -2.28. The van der Waals surface area contributed by atoms with Crippen molar-refractivity contribution in [1.82, 2.24) is 10.2 Å². The van der Waals surface area contributed by atoms with E-state index in [1.807, 2.05) is 48.5 Å². The summed E-state index contributed by atoms with van der Waals surface area (Å²) in [5.41, 5.74) is 1.81. The van der Waals surface area contributed by atoms with Gasteiger partial charge in [-0.15, -0.1) is 10.2 Å². The largest absolute Gasteiger partial charge is 0.495 e. The second kappa shape index (κ2) is 8.40. The normalized spacial score (nSPS) is 16.1. The molecule has 1 aliphatic rings. The molecule has 4 rings (SSSR count). The summed E-state index contributed by atoms with van der Waals surface area (Å²) in [4.78, 5) is 26.8. The van der Waals surface area contributed by atoms with Gasteiger partial charge in [-0.3, -0.25) is 9.59 Å². The van der Waals surface area contributed by atoms with Gasteiger partial charge in [-0.25, -0.2) is 0 Å². The van der Waals surface area contributed by atoms with E-state index >= 15 is 0 Å². The molecular formula is C21H20N4O3S. The molecule has 2 aromatic carbocycles. The number of anilines is 2. The number of nitrogens with zero attached hydrogens (tertiary/aromatic N) is 3. The number of methoxy groups -OCH3 is 1. The molecule has 8 heteroatoms. The Hall–Kier alpha value is -3.26. The van der Waals surface area contributed by atoms with Crippen LogP contribution in [0.5, 0.6) is 5.75 Å². The van der Waals surface area contributed by atoms with Crippen LogP contribution in [-0.2, 0) is 16.0 Å². The van der Waals surface area contributed by atoms with E-state index in [1.54, 1.807) is 18.1 Å². The minimum Gasteiger partial charge on any atom is -0.495 e. The number of aromatic nitrogens is 2. The van der Waals surface area contributed by atoms with E-state index in [0.29, 0.717) is 29.5 Å². The van der Waals surface area contributed by atoms with E-state index < -0.39 is 5.92 Å². The number of carbonyl (C=O) groups excluding carboxylic acids is 2. The van der Waals surface area contributed by atoms with Crippen LogP contribution >= 0.6 is 11.3 Å². The standard InChI is InChI=1S/C21H20N4O3S/c1-28-17-10-6-5-9-16(17)25-13-15(12-19(25)26)20(27)22-21-24-23-18(29-21)11-14-7-3-2-4-8-14/h2-10,15H,11-13H2,1H3,(H,22,24,27). The van der Waals surface area contributed by atoms with Crippen molar-refractivity contribution < 1.29 is 14.3 Å². The van der Waals surface area contributed by atoms with Crippen LogP contribution in [0.15, 0.2) is 54.6 Å². The Morgan fingerprint density at radius 3 is 2.72 bits per heavy atom. The Morgan fingerprint density at radius 2 is 1.93 bits per heavy atom. The minimum atomic E-state index is -0.450. The second-order valence-electron chi connectivity index (χ2n) is 6.73. The molecule has 2 amide bonds. The van der Waals surface area contributed by atoms with Crippen LogP contribution < -0.4 is 15.0 Å². The predicted molar refractivity (Wildman–Crippen MR) is 111 cm³/mol. The lowest BCUT2D eigenvalue weighted by molar-refractivity contribution is -0.122. The number of hydrogen-bond donors (Lipinski definition) is 1. The third-order valence-electron chi connectivity index (χ3n) is 4.77. The summed E-state index contributed by atoms with van der Waals surface area (Å²) >= 11 is 1.35. The molecule has 1 fully saturated rings. The van der Waals surface area contributed by atoms with E-state index in [-0.39, 0.29) is 18.2 Å². The molecule has 29 heavy (non-hydrogen) atoms. The van der Waals surface area contributed by atoms with E-state index in [0.717, 1.165) is 10.6 Å². The number of carbonyl (C=O) groups is 2. The topological polar surface area (TPSA) is 84.4 Å². The van der Waals surface area contributed by atoms with Crippen molar-refractivity contribution >= 4 is 34.0 Å². The van der Waals surface area contributed by atoms with Crippen LogP contribution in [0.4, 0.5) is 10.8 Å². The van der Waals surface area contributed by atoms with Gasteiger partial charge in [-0.05, 0) is 17.7 Å². The van der Waals surface area contributed by atoms with Crippen molar-refractivity contribution in [3.63, 3.8) is 0 Å². The van der Waals surface area contributed by atoms with Crippen LogP contribution in [0.25, 0.3) is 0 Å². The van der Waals surface area contributed by atoms with Crippen molar-refractivity contribution in [2.75, 3.05) is 23.9 Å². The van der Waals surface area contributed by atoms with Gasteiger partial charge in [0, 0.05) is 19.4 Å². The third-order valence-corrected chi connectivity index (χ3v) is 5.61. The molecule has 3 aromatic rings. The molecule has 7 nitrogen and oxygen atoms in total. The number of benzene rings is 2. The van der Waals surface area contributed by atoms with Crippen LogP contribution in [-0.4, -0.2) is 35.7 Å². The first-order chi connectivity index (χ1) is 14.1. The molecule has 0 aliphatic carbocycles. The number of para-hydroxylation sites is 2. The van der Waals surface area contributed by atoms with Crippen molar-refractivity contribution in [3.05, 3.63) is 65.2 Å². The maximum atomic E-state index is 12.7. The van der Waals surface area contributed by atoms with Gasteiger partial charge in [0.2, 0.25) is 16.9 Å². The number of hydrogen-bond acceptors (Lipinski definition) is 6. The summed E-state index contributed by atoms with van der Waals surface area (Å²) in [7, 11) is 1.56. The monoisotopic (exact) mass is 408 g/mol. The van der Waals surface area contributed by atoms with Gasteiger partial charge >= 0.3 is 0 Å². The molecule has 1 saturated heterocycles. The molecule has 1 atom stereocenters. The minimum absolute atomic E-state index is 0.100. The zero-order chi connectivity index (χ0) is 20.2. The van der Waals surface area contributed by atoms with Gasteiger partial charge in [0.05, 0.1) is 18.7 Å². The van der Waals surface area contributed by atoms with Gasteiger partial charge in [0.15, 0.2) is 0 Å². The first-order valence-corrected chi connectivity index (χ1v) is 10.1. The molecule has 0 saturated carbocycles. The second-order valence-corrected chi connectivity index (χ2v) is 7.79. The summed E-state index contributed by atoms with van der Waals surface area (Å²) in [5, 5.41) is 12.3. The molecule has 0 spiro atoms. The predicted octanol–water partition coefficient (Wildman–Crippen LogP) is 3.13. The third kappa shape index (κ3) is 4.27. The van der Waals surface area contributed by atoms with E-state index in [2.05, 4.69) is 15.5 Å². The number of rotatable bonds is 6. The zero-order valence-electron chi connectivity index (χ0n) is 15.9. The summed E-state index contributed by atoms with van der Waals surface area (Å²) < 4.78 is 5.34. The Balaban J connectivity index is 1.40. The zero-order valence-corrected chi connectivity index (χ0v) is 16.7. The van der Waals surface area contributed by atoms with Crippen LogP contribution in [0, 0.1) is 5.92 Å². The fraction of sp³-hybridized carbons (Fsp3) is 0.238. The van der Waals surface area contributed by atoms with Crippen LogP contribution in [0.1, 0.15) is 17.0 Å². The maximum absolute atomic E-state index is 12.7. The lowest BCUT2D eigenvalue weighted by atomic mass is 10.1. The quantitative estimate of drug-likeness (QED) is 0.677. The molecule has 1 aliphatic heterocycles. The van der Waals surface area contributed by atoms with Gasteiger partial charge in [0.1, 0.15) is 10.8 Å². The van der Waals surface area contributed by atoms with Gasteiger partial charge in [0.25, 0.3) is 0 Å². The first kappa shape index (κ1) is 19.1. The van der Waals surface area contributed by atoms with Crippen molar-refractivity contribution in [2.45, 2.75) is 12.8 Å². The Labute approximate surface area is 172 Å². The van der Waals surface area contributed by atoms with Crippen molar-refractivity contribution in [1.29, 1.82) is 0 Å². The molecule has 0 radical (unpaired) electrons. The molecule has 1 aromatic heterocycles. The van der Waals surface area contributed by atoms with Crippen molar-refractivity contribution in [3.8, 4) is 5.75 Å². The van der Waals surface area contributed by atoms with Gasteiger partial charge in [-0.1, -0.05) is 53.8 Å². The highest BCUT2D eigenvalue weighted by molar-refractivity contribution is 7.15. The molecule has 148 valence electrons. The van der Waals surface area contributed by atoms with Crippen LogP contribution in [0.2, 0.25) is 0 Å². The van der Waals surface area contributed by atoms with E-state index in [1.165, 1.54) is 11.3 Å². The fourth-order valence-corrected chi connectivity index (χ4v) is 4.10. The summed E-state index contributed by atoms with van der Waals surface area (Å²) in [6.07, 6.45) is 0.817. The SMILES string of the molecule is COc1ccccc1N1CC(C(=O)Nc2nnc(Cc3ccccc3)s2)CC1=O. The summed E-state index contributed by atoms with van der Waals surface area (Å²) in [5.74, 6) is -0.166. The smallest absolute Gasteiger partial charge is 0.231 e. The highest BCUT2D eigenvalue weighted by Crippen LogP contribution is 2.33. The highest BCUT2D eigenvalue weighted by atomic mass is 32.1. The first-order valence-electron chi connectivity index (χ1n) is 9.24. The molecule has 1 unspecified atom stereocenters. The van der Waals surface area contributed by atoms with Gasteiger partial charge in [-0.2, -0.15) is 0 Å². The highest BCUT2D eigenvalue weighted by Gasteiger charge is 2.36. The summed E-state index contributed by atoms with van der Waals surface area (Å²) in [6.45, 7) is 0.306. The number of ether oxygens (including phenoxy) is 1. The Morgan fingerprint density at radius 1 is 1.17 bits per heavy atom. The fourth-order valence-electron chi connectivity index (χ4n) is 3.32. The van der Waals surface area contributed by atoms with Crippen LogP contribution in [0.3, 0.4) is 0 Å². The van der Waals surface area contributed by atoms with Crippen molar-refractivity contribution in [2.24, 2.45) is 5.92 Å². The Bertz CT molecular complexity index is 1020. The summed E-state index contributed by atoms with van der Waals surface area (Å²) in [6, 6.07) is 17.3. The maximum Gasteiger partial charge on any atom is 0.231 e. The molecule has 0 bridgehead atoms.